The predicted molar refractivity (Wildman–Crippen MR) is 69.6 cm³/mol. The molecule has 0 aliphatic carbocycles. The van der Waals surface area contributed by atoms with Crippen molar-refractivity contribution in [2.24, 2.45) is 5.73 Å². The normalized spacial score (nSPS) is 10.1. The average Bonchev–Trinajstić information content (AvgIpc) is 2.35. The molecule has 0 amide bonds. The molecule has 0 bridgehead atoms. The first-order chi connectivity index (χ1) is 8.58. The van der Waals surface area contributed by atoms with Gasteiger partial charge in [0.25, 0.3) is 0 Å². The number of ether oxygens (including phenoxy) is 1. The number of hydrogen-bond acceptors (Lipinski definition) is 4. The third-order valence-corrected chi connectivity index (χ3v) is 2.83. The van der Waals surface area contributed by atoms with Crippen molar-refractivity contribution in [3.05, 3.63) is 46.2 Å². The van der Waals surface area contributed by atoms with E-state index in [4.69, 9.17) is 39.1 Å². The van der Waals surface area contributed by atoms with E-state index in [1.54, 1.807) is 18.2 Å². The van der Waals surface area contributed by atoms with Crippen molar-refractivity contribution in [2.75, 3.05) is 0 Å². The maximum absolute atomic E-state index is 7.27. The van der Waals surface area contributed by atoms with Crippen molar-refractivity contribution in [1.29, 1.82) is 5.41 Å². The van der Waals surface area contributed by atoms with E-state index in [2.05, 4.69) is 9.97 Å². The number of benzene rings is 1. The molecule has 2 rings (SSSR count). The lowest BCUT2D eigenvalue weighted by Crippen LogP contribution is -2.13. The van der Waals surface area contributed by atoms with E-state index < -0.39 is 0 Å². The van der Waals surface area contributed by atoms with Gasteiger partial charge in [0.05, 0.1) is 5.02 Å². The minimum atomic E-state index is -0.167. The van der Waals surface area contributed by atoms with Crippen molar-refractivity contribution < 1.29 is 4.74 Å². The highest BCUT2D eigenvalue weighted by molar-refractivity contribution is 6.42. The second-order valence-electron chi connectivity index (χ2n) is 3.29. The van der Waals surface area contributed by atoms with Gasteiger partial charge in [-0.05, 0) is 18.2 Å². The highest BCUT2D eigenvalue weighted by atomic mass is 35.5. The first kappa shape index (κ1) is 12.6. The lowest BCUT2D eigenvalue weighted by Gasteiger charge is -2.07. The molecule has 1 aromatic carbocycles. The van der Waals surface area contributed by atoms with Gasteiger partial charge in [0.15, 0.2) is 5.75 Å². The average molecular weight is 283 g/mol. The van der Waals surface area contributed by atoms with E-state index >= 15 is 0 Å². The monoisotopic (exact) mass is 282 g/mol. The molecule has 2 aromatic rings. The van der Waals surface area contributed by atoms with Crippen molar-refractivity contribution >= 4 is 29.0 Å². The topological polar surface area (TPSA) is 84.9 Å². The first-order valence-electron chi connectivity index (χ1n) is 4.87. The summed E-state index contributed by atoms with van der Waals surface area (Å²) < 4.78 is 5.39. The molecule has 0 spiro atoms. The molecule has 0 saturated heterocycles. The standard InChI is InChI=1S/C11H8Cl2N4O/c12-6-2-1-3-8(9(6)13)18-11-16-5-4-7(17-11)10(14)15/h1-5H,(H3,14,15). The summed E-state index contributed by atoms with van der Waals surface area (Å²) in [5, 5.41) is 7.92. The van der Waals surface area contributed by atoms with Crippen LogP contribution in [0.4, 0.5) is 0 Å². The van der Waals surface area contributed by atoms with Crippen LogP contribution in [0.1, 0.15) is 5.69 Å². The van der Waals surface area contributed by atoms with Gasteiger partial charge in [-0.2, -0.15) is 4.98 Å². The summed E-state index contributed by atoms with van der Waals surface area (Å²) in [6.45, 7) is 0. The Kier molecular flexibility index (Phi) is 3.64. The molecule has 1 aromatic heterocycles. The summed E-state index contributed by atoms with van der Waals surface area (Å²) in [5.41, 5.74) is 5.60. The van der Waals surface area contributed by atoms with Crippen LogP contribution in [0.15, 0.2) is 30.5 Å². The Labute approximate surface area is 113 Å². The lowest BCUT2D eigenvalue weighted by atomic mass is 10.3. The van der Waals surface area contributed by atoms with Crippen molar-refractivity contribution in [3.63, 3.8) is 0 Å². The Bertz CT molecular complexity index is 603. The molecule has 92 valence electrons. The summed E-state index contributed by atoms with van der Waals surface area (Å²) >= 11 is 11.8. The molecule has 0 saturated carbocycles. The van der Waals surface area contributed by atoms with Crippen molar-refractivity contribution in [3.8, 4) is 11.8 Å². The van der Waals surface area contributed by atoms with E-state index in [-0.39, 0.29) is 22.6 Å². The van der Waals surface area contributed by atoms with Crippen LogP contribution < -0.4 is 10.5 Å². The van der Waals surface area contributed by atoms with Gasteiger partial charge in [-0.1, -0.05) is 29.3 Å². The number of halogens is 2. The zero-order chi connectivity index (χ0) is 13.1. The second-order valence-corrected chi connectivity index (χ2v) is 4.08. The third kappa shape index (κ3) is 2.69. The SMILES string of the molecule is N=C(N)c1ccnc(Oc2cccc(Cl)c2Cl)n1. The fourth-order valence-electron chi connectivity index (χ4n) is 1.20. The summed E-state index contributed by atoms with van der Waals surface area (Å²) in [7, 11) is 0. The molecule has 0 fully saturated rings. The summed E-state index contributed by atoms with van der Waals surface area (Å²) in [6.07, 6.45) is 1.44. The Morgan fingerprint density at radius 2 is 2.06 bits per heavy atom. The number of aromatic nitrogens is 2. The molecule has 3 N–H and O–H groups in total. The largest absolute Gasteiger partial charge is 0.423 e. The molecule has 18 heavy (non-hydrogen) atoms. The number of hydrogen-bond donors (Lipinski definition) is 2. The molecule has 5 nitrogen and oxygen atoms in total. The second kappa shape index (κ2) is 5.20. The third-order valence-electron chi connectivity index (χ3n) is 2.03. The Morgan fingerprint density at radius 1 is 1.28 bits per heavy atom. The van der Waals surface area contributed by atoms with E-state index in [1.807, 2.05) is 0 Å². The molecule has 0 atom stereocenters. The summed E-state index contributed by atoms with van der Waals surface area (Å²) in [5.74, 6) is 0.171. The molecule has 0 aliphatic heterocycles. The van der Waals surface area contributed by atoms with Crippen molar-refractivity contribution in [1.82, 2.24) is 9.97 Å². The van der Waals surface area contributed by atoms with Gasteiger partial charge in [-0.3, -0.25) is 5.41 Å². The smallest absolute Gasteiger partial charge is 0.322 e. The Morgan fingerprint density at radius 3 is 2.78 bits per heavy atom. The van der Waals surface area contributed by atoms with Crippen LogP contribution in [0.5, 0.6) is 11.8 Å². The maximum atomic E-state index is 7.27. The molecular weight excluding hydrogens is 275 g/mol. The predicted octanol–water partition coefficient (Wildman–Crippen LogP) is 2.86. The van der Waals surface area contributed by atoms with Gasteiger partial charge in [0.1, 0.15) is 16.6 Å². The zero-order valence-corrected chi connectivity index (χ0v) is 10.5. The molecule has 0 radical (unpaired) electrons. The molecule has 0 unspecified atom stereocenters. The number of nitrogens with one attached hydrogen (secondary N) is 1. The molecular formula is C11H8Cl2N4O. The number of amidine groups is 1. The molecule has 7 heteroatoms. The number of rotatable bonds is 3. The maximum Gasteiger partial charge on any atom is 0.322 e. The lowest BCUT2D eigenvalue weighted by molar-refractivity contribution is 0.441. The van der Waals surface area contributed by atoms with E-state index in [0.29, 0.717) is 10.8 Å². The number of nitrogen functional groups attached to an aromatic ring is 1. The highest BCUT2D eigenvalue weighted by Crippen LogP contribution is 2.33. The molecule has 0 aliphatic rings. The first-order valence-corrected chi connectivity index (χ1v) is 5.63. The van der Waals surface area contributed by atoms with Crippen molar-refractivity contribution in [2.45, 2.75) is 0 Å². The molecule has 1 heterocycles. The Balaban J connectivity index is 2.31. The van der Waals surface area contributed by atoms with Crippen LogP contribution >= 0.6 is 23.2 Å². The van der Waals surface area contributed by atoms with Gasteiger partial charge in [-0.15, -0.1) is 0 Å². The van der Waals surface area contributed by atoms with Gasteiger partial charge < -0.3 is 10.5 Å². The fourth-order valence-corrected chi connectivity index (χ4v) is 1.53. The van der Waals surface area contributed by atoms with Crippen LogP contribution in [0.25, 0.3) is 0 Å². The van der Waals surface area contributed by atoms with E-state index in [1.165, 1.54) is 12.3 Å². The fraction of sp³-hybridized carbons (Fsp3) is 0. The van der Waals surface area contributed by atoms with Gasteiger partial charge in [0, 0.05) is 6.20 Å². The van der Waals surface area contributed by atoms with Gasteiger partial charge >= 0.3 is 6.01 Å². The van der Waals surface area contributed by atoms with Crippen LogP contribution in [0.2, 0.25) is 10.0 Å². The van der Waals surface area contributed by atoms with E-state index in [9.17, 15) is 0 Å². The number of nitrogens with zero attached hydrogens (tertiary/aromatic N) is 2. The Hall–Kier alpha value is -1.85. The zero-order valence-electron chi connectivity index (χ0n) is 9.02. The van der Waals surface area contributed by atoms with Crippen LogP contribution in [0.3, 0.4) is 0 Å². The van der Waals surface area contributed by atoms with Crippen LogP contribution in [-0.2, 0) is 0 Å². The van der Waals surface area contributed by atoms with Gasteiger partial charge in [0.2, 0.25) is 0 Å². The van der Waals surface area contributed by atoms with Gasteiger partial charge in [-0.25, -0.2) is 4.98 Å². The number of nitrogens with two attached hydrogens (primary N) is 1. The summed E-state index contributed by atoms with van der Waals surface area (Å²) in [6, 6.07) is 6.53. The minimum absolute atomic E-state index is 0.0480. The highest BCUT2D eigenvalue weighted by Gasteiger charge is 2.09. The van der Waals surface area contributed by atoms with E-state index in [0.717, 1.165) is 0 Å². The van der Waals surface area contributed by atoms with Crippen LogP contribution in [-0.4, -0.2) is 15.8 Å². The quantitative estimate of drug-likeness (QED) is 0.670. The minimum Gasteiger partial charge on any atom is -0.423 e. The van der Waals surface area contributed by atoms with Crippen LogP contribution in [0, 0.1) is 5.41 Å². The summed E-state index contributed by atoms with van der Waals surface area (Å²) in [4.78, 5) is 7.85.